The molecular formula is C16H22F2N2O4. The number of hydrogen-bond donors (Lipinski definition) is 1. The summed E-state index contributed by atoms with van der Waals surface area (Å²) in [6, 6.07) is 3.03. The Morgan fingerprint density at radius 1 is 1.29 bits per heavy atom. The Hall–Kier alpha value is -2.09. The van der Waals surface area contributed by atoms with E-state index in [1.807, 2.05) is 7.05 Å². The van der Waals surface area contributed by atoms with Crippen LogP contribution >= 0.6 is 0 Å². The highest BCUT2D eigenvalue weighted by atomic mass is 19.3. The number of halogens is 2. The van der Waals surface area contributed by atoms with Crippen LogP contribution in [-0.2, 0) is 0 Å². The van der Waals surface area contributed by atoms with E-state index in [4.69, 9.17) is 9.47 Å². The first-order chi connectivity index (χ1) is 11.5. The van der Waals surface area contributed by atoms with Gasteiger partial charge in [-0.15, -0.1) is 0 Å². The molecule has 0 aromatic heterocycles. The number of nitrogens with zero attached hydrogens (tertiary/aromatic N) is 1. The van der Waals surface area contributed by atoms with Gasteiger partial charge in [0.05, 0.1) is 14.2 Å². The van der Waals surface area contributed by atoms with E-state index in [-0.39, 0.29) is 29.2 Å². The van der Waals surface area contributed by atoms with Crippen molar-refractivity contribution in [1.82, 2.24) is 10.2 Å². The molecule has 6 nitrogen and oxygen atoms in total. The number of piperidine rings is 1. The van der Waals surface area contributed by atoms with Crippen LogP contribution in [-0.4, -0.2) is 57.8 Å². The van der Waals surface area contributed by atoms with Crippen LogP contribution in [0.25, 0.3) is 0 Å². The topological polar surface area (TPSA) is 60.0 Å². The molecule has 8 heteroatoms. The van der Waals surface area contributed by atoms with Crippen molar-refractivity contribution in [3.8, 4) is 17.2 Å². The smallest absolute Gasteiger partial charge is 0.387 e. The molecule has 0 spiro atoms. The van der Waals surface area contributed by atoms with Crippen molar-refractivity contribution in [3.05, 3.63) is 17.7 Å². The number of carbonyl (C=O) groups is 1. The minimum atomic E-state index is -3.02. The van der Waals surface area contributed by atoms with Gasteiger partial charge < -0.3 is 24.4 Å². The van der Waals surface area contributed by atoms with Gasteiger partial charge in [-0.05, 0) is 32.0 Å². The Morgan fingerprint density at radius 3 is 2.42 bits per heavy atom. The van der Waals surface area contributed by atoms with E-state index < -0.39 is 6.61 Å². The number of nitrogens with one attached hydrogen (secondary N) is 1. The molecule has 1 N–H and O–H groups in total. The molecule has 134 valence electrons. The summed E-state index contributed by atoms with van der Waals surface area (Å²) in [7, 11) is 4.50. The summed E-state index contributed by atoms with van der Waals surface area (Å²) in [5.74, 6) is -0.367. The molecule has 0 saturated carbocycles. The van der Waals surface area contributed by atoms with E-state index in [9.17, 15) is 13.6 Å². The van der Waals surface area contributed by atoms with Crippen molar-refractivity contribution in [1.29, 1.82) is 0 Å². The summed E-state index contributed by atoms with van der Waals surface area (Å²) in [6.07, 6.45) is 1.91. The number of hydrogen-bond acceptors (Lipinski definition) is 5. The number of rotatable bonds is 6. The third-order valence-electron chi connectivity index (χ3n) is 4.03. The van der Waals surface area contributed by atoms with Crippen molar-refractivity contribution < 1.29 is 27.8 Å². The maximum absolute atomic E-state index is 12.7. The van der Waals surface area contributed by atoms with Gasteiger partial charge in [0, 0.05) is 24.7 Å². The SMILES string of the molecule is CNC1CCCN(C(=O)c2cc(OC)c(OC(F)F)c(OC)c2)C1. The van der Waals surface area contributed by atoms with Gasteiger partial charge in [0.25, 0.3) is 5.91 Å². The molecule has 1 fully saturated rings. The lowest BCUT2D eigenvalue weighted by Crippen LogP contribution is -2.46. The summed E-state index contributed by atoms with van der Waals surface area (Å²) in [5, 5.41) is 3.17. The predicted octanol–water partition coefficient (Wildman–Crippen LogP) is 2.13. The van der Waals surface area contributed by atoms with Gasteiger partial charge in [-0.3, -0.25) is 4.79 Å². The van der Waals surface area contributed by atoms with Crippen LogP contribution in [0, 0.1) is 0 Å². The van der Waals surface area contributed by atoms with E-state index in [1.54, 1.807) is 4.90 Å². The Bertz CT molecular complexity index is 558. The molecule has 0 aliphatic carbocycles. The first-order valence-electron chi connectivity index (χ1n) is 7.67. The summed E-state index contributed by atoms with van der Waals surface area (Å²) in [6.45, 7) is -1.78. The first kappa shape index (κ1) is 18.3. The molecule has 1 saturated heterocycles. The van der Waals surface area contributed by atoms with Crippen LogP contribution in [0.1, 0.15) is 23.2 Å². The number of likely N-dealkylation sites (N-methyl/N-ethyl adjacent to an activating group) is 1. The van der Waals surface area contributed by atoms with E-state index >= 15 is 0 Å². The lowest BCUT2D eigenvalue weighted by molar-refractivity contribution is -0.0526. The molecule has 1 aromatic rings. The fraction of sp³-hybridized carbons (Fsp3) is 0.562. The van der Waals surface area contributed by atoms with Gasteiger partial charge in [-0.25, -0.2) is 0 Å². The van der Waals surface area contributed by atoms with Crippen molar-refractivity contribution in [2.24, 2.45) is 0 Å². The van der Waals surface area contributed by atoms with Gasteiger partial charge >= 0.3 is 6.61 Å². The Morgan fingerprint density at radius 2 is 1.92 bits per heavy atom. The van der Waals surface area contributed by atoms with Crippen molar-refractivity contribution >= 4 is 5.91 Å². The number of alkyl halides is 2. The highest BCUT2D eigenvalue weighted by Gasteiger charge is 2.26. The Labute approximate surface area is 139 Å². The van der Waals surface area contributed by atoms with Crippen molar-refractivity contribution in [2.75, 3.05) is 34.4 Å². The zero-order valence-corrected chi connectivity index (χ0v) is 14.0. The van der Waals surface area contributed by atoms with Crippen LogP contribution < -0.4 is 19.5 Å². The maximum atomic E-state index is 12.7. The molecule has 1 unspecified atom stereocenters. The standard InChI is InChI=1S/C16H22F2N2O4/c1-19-11-5-4-6-20(9-11)15(21)10-7-12(22-2)14(24-16(17)18)13(8-10)23-3/h7-8,11,16,19H,4-6,9H2,1-3H3. The number of benzene rings is 1. The minimum absolute atomic E-state index is 0.0279. The number of amides is 1. The van der Waals surface area contributed by atoms with E-state index in [1.165, 1.54) is 26.4 Å². The molecule has 1 aromatic carbocycles. The second-order valence-corrected chi connectivity index (χ2v) is 5.47. The average Bonchev–Trinajstić information content (AvgIpc) is 2.60. The number of methoxy groups -OCH3 is 2. The van der Waals surface area contributed by atoms with Crippen molar-refractivity contribution in [3.63, 3.8) is 0 Å². The highest BCUT2D eigenvalue weighted by molar-refractivity contribution is 5.95. The summed E-state index contributed by atoms with van der Waals surface area (Å²) < 4.78 is 39.8. The number of likely N-dealkylation sites (tertiary alicyclic amines) is 1. The summed E-state index contributed by atoms with van der Waals surface area (Å²) in [5.41, 5.74) is 0.307. The number of ether oxygens (including phenoxy) is 3. The third kappa shape index (κ3) is 4.05. The quantitative estimate of drug-likeness (QED) is 0.857. The molecule has 1 aliphatic rings. The highest BCUT2D eigenvalue weighted by Crippen LogP contribution is 2.39. The Balaban J connectivity index is 2.31. The molecule has 1 atom stereocenters. The third-order valence-corrected chi connectivity index (χ3v) is 4.03. The lowest BCUT2D eigenvalue weighted by Gasteiger charge is -2.32. The van der Waals surface area contributed by atoms with Gasteiger partial charge in [0.1, 0.15) is 0 Å². The van der Waals surface area contributed by atoms with E-state index in [2.05, 4.69) is 10.1 Å². The average molecular weight is 344 g/mol. The molecule has 1 heterocycles. The van der Waals surface area contributed by atoms with Crippen LogP contribution in [0.3, 0.4) is 0 Å². The fourth-order valence-electron chi connectivity index (χ4n) is 2.79. The molecule has 1 amide bonds. The van der Waals surface area contributed by atoms with Gasteiger partial charge in [0.15, 0.2) is 11.5 Å². The van der Waals surface area contributed by atoms with Crippen LogP contribution in [0.4, 0.5) is 8.78 Å². The van der Waals surface area contributed by atoms with E-state index in [0.717, 1.165) is 12.8 Å². The molecule has 1 aliphatic heterocycles. The van der Waals surface area contributed by atoms with Gasteiger partial charge in [0.2, 0.25) is 5.75 Å². The normalized spacial score (nSPS) is 17.8. The second-order valence-electron chi connectivity index (χ2n) is 5.47. The molecule has 0 radical (unpaired) electrons. The molecule has 0 bridgehead atoms. The van der Waals surface area contributed by atoms with E-state index in [0.29, 0.717) is 18.7 Å². The lowest BCUT2D eigenvalue weighted by atomic mass is 10.0. The minimum Gasteiger partial charge on any atom is -0.493 e. The first-order valence-corrected chi connectivity index (χ1v) is 7.67. The van der Waals surface area contributed by atoms with Crippen LogP contribution in [0.15, 0.2) is 12.1 Å². The zero-order chi connectivity index (χ0) is 17.7. The summed E-state index contributed by atoms with van der Waals surface area (Å²) in [4.78, 5) is 14.5. The predicted molar refractivity (Wildman–Crippen MR) is 84.2 cm³/mol. The van der Waals surface area contributed by atoms with Crippen LogP contribution in [0.2, 0.25) is 0 Å². The molecule has 2 rings (SSSR count). The fourth-order valence-corrected chi connectivity index (χ4v) is 2.79. The zero-order valence-electron chi connectivity index (χ0n) is 14.0. The Kier molecular flexibility index (Phi) is 6.19. The van der Waals surface area contributed by atoms with Crippen LogP contribution in [0.5, 0.6) is 17.2 Å². The monoisotopic (exact) mass is 344 g/mol. The maximum Gasteiger partial charge on any atom is 0.387 e. The molecule has 24 heavy (non-hydrogen) atoms. The molecular weight excluding hydrogens is 322 g/mol. The largest absolute Gasteiger partial charge is 0.493 e. The summed E-state index contributed by atoms with van der Waals surface area (Å²) >= 11 is 0. The number of carbonyl (C=O) groups excluding carboxylic acids is 1. The van der Waals surface area contributed by atoms with Crippen molar-refractivity contribution in [2.45, 2.75) is 25.5 Å². The second kappa shape index (κ2) is 8.14. The van der Waals surface area contributed by atoms with Gasteiger partial charge in [-0.1, -0.05) is 0 Å². The van der Waals surface area contributed by atoms with Gasteiger partial charge in [-0.2, -0.15) is 8.78 Å².